The smallest absolute Gasteiger partial charge is 0.303 e. The molecule has 1 rings (SSSR count). The van der Waals surface area contributed by atoms with Crippen LogP contribution in [0.5, 0.6) is 0 Å². The summed E-state index contributed by atoms with van der Waals surface area (Å²) in [7, 11) is 0. The van der Waals surface area contributed by atoms with E-state index in [9.17, 15) is 14.0 Å². The fourth-order valence-electron chi connectivity index (χ4n) is 1.51. The molecule has 2 N–H and O–H groups in total. The van der Waals surface area contributed by atoms with Crippen LogP contribution in [0.3, 0.4) is 0 Å². The van der Waals surface area contributed by atoms with Crippen molar-refractivity contribution < 1.29 is 19.1 Å². The van der Waals surface area contributed by atoms with Crippen molar-refractivity contribution in [1.82, 2.24) is 5.32 Å². The lowest BCUT2D eigenvalue weighted by Gasteiger charge is -2.06. The third-order valence-electron chi connectivity index (χ3n) is 2.51. The standard InChI is InChI=1S/C13H16FNO3/c1-9-7-10(5-6-11(9)14)8-15-12(16)3-2-4-13(17)18/h5-7H,2-4,8H2,1H3,(H,15,16)(H,17,18). The van der Waals surface area contributed by atoms with E-state index in [0.717, 1.165) is 5.56 Å². The summed E-state index contributed by atoms with van der Waals surface area (Å²) in [4.78, 5) is 21.6. The van der Waals surface area contributed by atoms with Crippen molar-refractivity contribution in [2.45, 2.75) is 32.7 Å². The maximum Gasteiger partial charge on any atom is 0.303 e. The summed E-state index contributed by atoms with van der Waals surface area (Å²) in [5.74, 6) is -1.37. The average Bonchev–Trinajstić information content (AvgIpc) is 2.30. The highest BCUT2D eigenvalue weighted by Gasteiger charge is 2.04. The zero-order chi connectivity index (χ0) is 13.5. The molecule has 5 heteroatoms. The van der Waals surface area contributed by atoms with Crippen LogP contribution in [0.25, 0.3) is 0 Å². The molecule has 1 aromatic carbocycles. The van der Waals surface area contributed by atoms with Crippen LogP contribution >= 0.6 is 0 Å². The van der Waals surface area contributed by atoms with Gasteiger partial charge in [0.05, 0.1) is 0 Å². The molecule has 0 unspecified atom stereocenters. The number of hydrogen-bond donors (Lipinski definition) is 2. The molecule has 0 spiro atoms. The van der Waals surface area contributed by atoms with Crippen LogP contribution in [0.4, 0.5) is 4.39 Å². The molecule has 0 fully saturated rings. The molecule has 98 valence electrons. The number of rotatable bonds is 6. The monoisotopic (exact) mass is 253 g/mol. The fourth-order valence-corrected chi connectivity index (χ4v) is 1.51. The fraction of sp³-hybridized carbons (Fsp3) is 0.385. The summed E-state index contributed by atoms with van der Waals surface area (Å²) in [5, 5.41) is 11.1. The molecule has 0 radical (unpaired) electrons. The largest absolute Gasteiger partial charge is 0.481 e. The molecule has 1 amide bonds. The second-order valence-electron chi connectivity index (χ2n) is 4.11. The van der Waals surface area contributed by atoms with E-state index in [4.69, 9.17) is 5.11 Å². The van der Waals surface area contributed by atoms with Crippen LogP contribution in [-0.2, 0) is 16.1 Å². The molecule has 0 atom stereocenters. The zero-order valence-corrected chi connectivity index (χ0v) is 10.2. The lowest BCUT2D eigenvalue weighted by atomic mass is 10.1. The number of aliphatic carboxylic acids is 1. The highest BCUT2D eigenvalue weighted by atomic mass is 19.1. The Morgan fingerprint density at radius 1 is 1.33 bits per heavy atom. The van der Waals surface area contributed by atoms with Gasteiger partial charge in [0.1, 0.15) is 5.82 Å². The minimum atomic E-state index is -0.906. The van der Waals surface area contributed by atoms with Gasteiger partial charge in [-0.3, -0.25) is 9.59 Å². The van der Waals surface area contributed by atoms with Gasteiger partial charge in [-0.2, -0.15) is 0 Å². The average molecular weight is 253 g/mol. The van der Waals surface area contributed by atoms with Crippen molar-refractivity contribution in [3.63, 3.8) is 0 Å². The molecule has 0 aliphatic rings. The number of hydrogen-bond acceptors (Lipinski definition) is 2. The minimum Gasteiger partial charge on any atom is -0.481 e. The number of carbonyl (C=O) groups excluding carboxylic acids is 1. The van der Waals surface area contributed by atoms with E-state index in [1.165, 1.54) is 6.07 Å². The molecule has 0 saturated carbocycles. The molecule has 0 saturated heterocycles. The predicted octanol–water partition coefficient (Wildman–Crippen LogP) is 2.01. The number of amides is 1. The number of carboxylic acids is 1. The van der Waals surface area contributed by atoms with Crippen molar-refractivity contribution in [3.8, 4) is 0 Å². The Morgan fingerprint density at radius 3 is 2.67 bits per heavy atom. The second-order valence-corrected chi connectivity index (χ2v) is 4.11. The predicted molar refractivity (Wildman–Crippen MR) is 64.5 cm³/mol. The quantitative estimate of drug-likeness (QED) is 0.815. The molecule has 18 heavy (non-hydrogen) atoms. The molecule has 0 aliphatic carbocycles. The lowest BCUT2D eigenvalue weighted by Crippen LogP contribution is -2.22. The Balaban J connectivity index is 2.33. The Labute approximate surface area is 105 Å². The van der Waals surface area contributed by atoms with Gasteiger partial charge in [-0.25, -0.2) is 4.39 Å². The van der Waals surface area contributed by atoms with Gasteiger partial charge in [0, 0.05) is 19.4 Å². The Hall–Kier alpha value is -1.91. The summed E-state index contributed by atoms with van der Waals surface area (Å²) < 4.78 is 13.0. The highest BCUT2D eigenvalue weighted by molar-refractivity contribution is 5.76. The van der Waals surface area contributed by atoms with Gasteiger partial charge in [-0.15, -0.1) is 0 Å². The molecule has 0 aliphatic heterocycles. The molecular formula is C13H16FNO3. The third-order valence-corrected chi connectivity index (χ3v) is 2.51. The van der Waals surface area contributed by atoms with Gasteiger partial charge >= 0.3 is 5.97 Å². The van der Waals surface area contributed by atoms with Gasteiger partial charge in [0.15, 0.2) is 0 Å². The number of aryl methyl sites for hydroxylation is 1. The number of carboxylic acid groups (broad SMARTS) is 1. The third kappa shape index (κ3) is 4.95. The summed E-state index contributed by atoms with van der Waals surface area (Å²) in [6, 6.07) is 4.65. The molecule has 4 nitrogen and oxygen atoms in total. The SMILES string of the molecule is Cc1cc(CNC(=O)CCCC(=O)O)ccc1F. The van der Waals surface area contributed by atoms with Crippen LogP contribution in [-0.4, -0.2) is 17.0 Å². The number of carbonyl (C=O) groups is 2. The minimum absolute atomic E-state index is 0.0108. The van der Waals surface area contributed by atoms with Crippen LogP contribution in [0.1, 0.15) is 30.4 Å². The normalized spacial score (nSPS) is 10.1. The topological polar surface area (TPSA) is 66.4 Å². The van der Waals surface area contributed by atoms with Crippen molar-refractivity contribution in [1.29, 1.82) is 0 Å². The van der Waals surface area contributed by atoms with E-state index >= 15 is 0 Å². The van der Waals surface area contributed by atoms with E-state index in [0.29, 0.717) is 18.5 Å². The zero-order valence-electron chi connectivity index (χ0n) is 10.2. The van der Waals surface area contributed by atoms with Crippen molar-refractivity contribution >= 4 is 11.9 Å². The van der Waals surface area contributed by atoms with Crippen molar-refractivity contribution in [2.75, 3.05) is 0 Å². The number of nitrogens with one attached hydrogen (secondary N) is 1. The van der Waals surface area contributed by atoms with E-state index < -0.39 is 5.97 Å². The molecule has 1 aromatic rings. The van der Waals surface area contributed by atoms with Crippen molar-refractivity contribution in [3.05, 3.63) is 35.1 Å². The first-order chi connectivity index (χ1) is 8.49. The Kier molecular flexibility index (Phi) is 5.30. The number of benzene rings is 1. The van der Waals surface area contributed by atoms with Crippen LogP contribution in [0, 0.1) is 12.7 Å². The lowest BCUT2D eigenvalue weighted by molar-refractivity contribution is -0.137. The van der Waals surface area contributed by atoms with E-state index in [1.54, 1.807) is 19.1 Å². The van der Waals surface area contributed by atoms with Gasteiger partial charge < -0.3 is 10.4 Å². The van der Waals surface area contributed by atoms with Gasteiger partial charge in [-0.1, -0.05) is 12.1 Å². The maximum absolute atomic E-state index is 13.0. The summed E-state index contributed by atoms with van der Waals surface area (Å²) in [6.07, 6.45) is 0.499. The summed E-state index contributed by atoms with van der Waals surface area (Å²) >= 11 is 0. The first kappa shape index (κ1) is 14.2. The van der Waals surface area contributed by atoms with Crippen LogP contribution < -0.4 is 5.32 Å². The Bertz CT molecular complexity index is 446. The molecule has 0 heterocycles. The first-order valence-corrected chi connectivity index (χ1v) is 5.72. The van der Waals surface area contributed by atoms with Gasteiger partial charge in [0.25, 0.3) is 0 Å². The first-order valence-electron chi connectivity index (χ1n) is 5.72. The maximum atomic E-state index is 13.0. The van der Waals surface area contributed by atoms with Crippen molar-refractivity contribution in [2.24, 2.45) is 0 Å². The molecule has 0 aromatic heterocycles. The summed E-state index contributed by atoms with van der Waals surface area (Å²) in [6.45, 7) is 1.99. The number of halogens is 1. The molecular weight excluding hydrogens is 237 g/mol. The van der Waals surface area contributed by atoms with Gasteiger partial charge in [0.2, 0.25) is 5.91 Å². The summed E-state index contributed by atoms with van der Waals surface area (Å²) in [5.41, 5.74) is 1.35. The van der Waals surface area contributed by atoms with Crippen LogP contribution in [0.2, 0.25) is 0 Å². The van der Waals surface area contributed by atoms with Crippen LogP contribution in [0.15, 0.2) is 18.2 Å². The van der Waals surface area contributed by atoms with E-state index in [2.05, 4.69) is 5.32 Å². The second kappa shape index (κ2) is 6.74. The van der Waals surface area contributed by atoms with Gasteiger partial charge in [-0.05, 0) is 30.5 Å². The molecule has 0 bridgehead atoms. The van der Waals surface area contributed by atoms with E-state index in [1.807, 2.05) is 0 Å². The van der Waals surface area contributed by atoms with E-state index in [-0.39, 0.29) is 24.6 Å². The Morgan fingerprint density at radius 2 is 2.06 bits per heavy atom. The highest BCUT2D eigenvalue weighted by Crippen LogP contribution is 2.09.